The van der Waals surface area contributed by atoms with Gasteiger partial charge in [0.25, 0.3) is 5.91 Å². The lowest BCUT2D eigenvalue weighted by molar-refractivity contribution is -0.137. The van der Waals surface area contributed by atoms with Gasteiger partial charge in [0.1, 0.15) is 6.61 Å². The zero-order valence-corrected chi connectivity index (χ0v) is 12.2. The molecule has 0 saturated carbocycles. The third-order valence-electron chi connectivity index (χ3n) is 2.83. The quantitative estimate of drug-likeness (QED) is 0.750. The molecule has 122 valence electrons. The van der Waals surface area contributed by atoms with Gasteiger partial charge in [0.05, 0.1) is 12.1 Å². The van der Waals surface area contributed by atoms with Crippen molar-refractivity contribution in [1.29, 1.82) is 0 Å². The van der Waals surface area contributed by atoms with Gasteiger partial charge in [-0.3, -0.25) is 9.59 Å². The van der Waals surface area contributed by atoms with Crippen molar-refractivity contribution in [1.82, 2.24) is 5.32 Å². The summed E-state index contributed by atoms with van der Waals surface area (Å²) in [6.45, 7) is 2.17. The molecule has 7 heteroatoms. The molecule has 0 radical (unpaired) electrons. The molecule has 0 heterocycles. The van der Waals surface area contributed by atoms with Gasteiger partial charge in [0.15, 0.2) is 5.78 Å². The number of halogens is 3. The van der Waals surface area contributed by atoms with E-state index in [4.69, 9.17) is 4.74 Å². The summed E-state index contributed by atoms with van der Waals surface area (Å²) in [5.41, 5.74) is -0.767. The smallest absolute Gasteiger partial charge is 0.374 e. The highest BCUT2D eigenvalue weighted by Gasteiger charge is 2.30. The van der Waals surface area contributed by atoms with Crippen LogP contribution in [-0.4, -0.2) is 31.4 Å². The summed E-state index contributed by atoms with van der Waals surface area (Å²) in [5.74, 6) is -0.896. The first kappa shape index (κ1) is 18.2. The molecular formula is C15H18F3NO3. The largest absolute Gasteiger partial charge is 0.416 e. The van der Waals surface area contributed by atoms with Gasteiger partial charge >= 0.3 is 6.18 Å². The van der Waals surface area contributed by atoms with Crippen LogP contribution in [0.5, 0.6) is 0 Å². The van der Waals surface area contributed by atoms with Crippen LogP contribution in [0.2, 0.25) is 0 Å². The molecule has 1 aromatic rings. The monoisotopic (exact) mass is 317 g/mol. The molecule has 0 unspecified atom stereocenters. The standard InChI is InChI=1S/C15H18F3NO3/c1-2-3-8-22-10-13(20)9-19-14(21)11-4-6-12(7-5-11)15(16,17)18/h4-7H,2-3,8-10H2,1H3,(H,19,21). The number of Topliss-reactive ketones (excluding diaryl/α,β-unsaturated/α-hetero) is 1. The molecule has 0 bridgehead atoms. The third-order valence-corrected chi connectivity index (χ3v) is 2.83. The summed E-state index contributed by atoms with van der Waals surface area (Å²) in [4.78, 5) is 23.1. The van der Waals surface area contributed by atoms with Crippen molar-refractivity contribution in [3.05, 3.63) is 35.4 Å². The molecule has 4 nitrogen and oxygen atoms in total. The topological polar surface area (TPSA) is 55.4 Å². The molecular weight excluding hydrogens is 299 g/mol. The summed E-state index contributed by atoms with van der Waals surface area (Å²) in [5, 5.41) is 2.35. The molecule has 22 heavy (non-hydrogen) atoms. The van der Waals surface area contributed by atoms with Crippen LogP contribution < -0.4 is 5.32 Å². The molecule has 0 saturated heterocycles. The lowest BCUT2D eigenvalue weighted by Crippen LogP contribution is -2.31. The van der Waals surface area contributed by atoms with Gasteiger partial charge in [-0.2, -0.15) is 13.2 Å². The van der Waals surface area contributed by atoms with E-state index < -0.39 is 17.6 Å². The van der Waals surface area contributed by atoms with E-state index in [1.54, 1.807) is 0 Å². The van der Waals surface area contributed by atoms with Gasteiger partial charge in [-0.05, 0) is 30.7 Å². The second-order valence-electron chi connectivity index (χ2n) is 4.70. The Labute approximate surface area is 126 Å². The van der Waals surface area contributed by atoms with Gasteiger partial charge in [0.2, 0.25) is 0 Å². The molecule has 1 aromatic carbocycles. The van der Waals surface area contributed by atoms with Crippen LogP contribution in [0.1, 0.15) is 35.7 Å². The van der Waals surface area contributed by atoms with E-state index in [2.05, 4.69) is 5.32 Å². The van der Waals surface area contributed by atoms with Crippen molar-refractivity contribution in [2.75, 3.05) is 19.8 Å². The minimum Gasteiger partial charge on any atom is -0.374 e. The van der Waals surface area contributed by atoms with E-state index in [-0.39, 0.29) is 24.5 Å². The number of ketones is 1. The minimum absolute atomic E-state index is 0.0627. The molecule has 0 aliphatic rings. The molecule has 0 aromatic heterocycles. The minimum atomic E-state index is -4.44. The summed E-state index contributed by atoms with van der Waals surface area (Å²) in [6.07, 6.45) is -2.63. The first-order valence-corrected chi connectivity index (χ1v) is 6.89. The summed E-state index contributed by atoms with van der Waals surface area (Å²) < 4.78 is 42.3. The maximum absolute atomic E-state index is 12.4. The van der Waals surface area contributed by atoms with E-state index in [1.165, 1.54) is 0 Å². The Morgan fingerprint density at radius 2 is 1.82 bits per heavy atom. The van der Waals surface area contributed by atoms with Crippen molar-refractivity contribution in [3.8, 4) is 0 Å². The van der Waals surface area contributed by atoms with Crippen LogP contribution in [0.25, 0.3) is 0 Å². The highest BCUT2D eigenvalue weighted by Crippen LogP contribution is 2.28. The van der Waals surface area contributed by atoms with Gasteiger partial charge in [-0.25, -0.2) is 0 Å². The molecule has 1 amide bonds. The molecule has 0 aliphatic carbocycles. The van der Waals surface area contributed by atoms with Crippen LogP contribution in [0.4, 0.5) is 13.2 Å². The van der Waals surface area contributed by atoms with Crippen molar-refractivity contribution >= 4 is 11.7 Å². The van der Waals surface area contributed by atoms with Crippen LogP contribution in [0.3, 0.4) is 0 Å². The third kappa shape index (κ3) is 6.26. The maximum Gasteiger partial charge on any atom is 0.416 e. The van der Waals surface area contributed by atoms with Crippen molar-refractivity contribution in [3.63, 3.8) is 0 Å². The SMILES string of the molecule is CCCCOCC(=O)CNC(=O)c1ccc(C(F)(F)F)cc1. The van der Waals surface area contributed by atoms with E-state index in [1.807, 2.05) is 6.92 Å². The van der Waals surface area contributed by atoms with Crippen molar-refractivity contribution < 1.29 is 27.5 Å². The Bertz CT molecular complexity index is 498. The van der Waals surface area contributed by atoms with Gasteiger partial charge in [0, 0.05) is 12.2 Å². The highest BCUT2D eigenvalue weighted by atomic mass is 19.4. The fourth-order valence-electron chi connectivity index (χ4n) is 1.57. The molecule has 0 spiro atoms. The molecule has 1 rings (SSSR count). The van der Waals surface area contributed by atoms with Gasteiger partial charge < -0.3 is 10.1 Å². The van der Waals surface area contributed by atoms with Crippen LogP contribution >= 0.6 is 0 Å². The number of hydrogen-bond acceptors (Lipinski definition) is 3. The Morgan fingerprint density at radius 1 is 1.18 bits per heavy atom. The number of nitrogens with one attached hydrogen (secondary N) is 1. The molecule has 1 N–H and O–H groups in total. The Hall–Kier alpha value is -1.89. The predicted molar refractivity (Wildman–Crippen MR) is 74.5 cm³/mol. The fourth-order valence-corrected chi connectivity index (χ4v) is 1.57. The number of hydrogen-bond donors (Lipinski definition) is 1. The van der Waals surface area contributed by atoms with Crippen molar-refractivity contribution in [2.24, 2.45) is 0 Å². The number of rotatable bonds is 8. The normalized spacial score (nSPS) is 11.3. The first-order valence-electron chi connectivity index (χ1n) is 6.89. The van der Waals surface area contributed by atoms with Crippen LogP contribution in [0.15, 0.2) is 24.3 Å². The lowest BCUT2D eigenvalue weighted by atomic mass is 10.1. The Morgan fingerprint density at radius 3 is 2.36 bits per heavy atom. The number of amides is 1. The van der Waals surface area contributed by atoms with E-state index in [9.17, 15) is 22.8 Å². The van der Waals surface area contributed by atoms with Gasteiger partial charge in [-0.15, -0.1) is 0 Å². The van der Waals surface area contributed by atoms with Crippen molar-refractivity contribution in [2.45, 2.75) is 25.9 Å². The Kier molecular flexibility index (Phi) is 7.04. The van der Waals surface area contributed by atoms with Crippen LogP contribution in [-0.2, 0) is 15.7 Å². The zero-order chi connectivity index (χ0) is 16.6. The average Bonchev–Trinajstić information content (AvgIpc) is 2.48. The molecule has 0 atom stereocenters. The Balaban J connectivity index is 2.40. The molecule has 0 fully saturated rings. The number of unbranched alkanes of at least 4 members (excludes halogenated alkanes) is 1. The second kappa shape index (κ2) is 8.53. The molecule has 0 aliphatic heterocycles. The van der Waals surface area contributed by atoms with Crippen LogP contribution in [0, 0.1) is 0 Å². The summed E-state index contributed by atoms with van der Waals surface area (Å²) in [7, 11) is 0. The highest BCUT2D eigenvalue weighted by molar-refractivity contribution is 5.96. The van der Waals surface area contributed by atoms with E-state index in [0.717, 1.165) is 37.1 Å². The fraction of sp³-hybridized carbons (Fsp3) is 0.467. The average molecular weight is 317 g/mol. The predicted octanol–water partition coefficient (Wildman–Crippen LogP) is 2.82. The summed E-state index contributed by atoms with van der Waals surface area (Å²) in [6, 6.07) is 3.79. The number of ether oxygens (including phenoxy) is 1. The first-order chi connectivity index (χ1) is 10.3. The number of alkyl halides is 3. The summed E-state index contributed by atoms with van der Waals surface area (Å²) >= 11 is 0. The zero-order valence-electron chi connectivity index (χ0n) is 12.2. The number of carbonyl (C=O) groups is 2. The maximum atomic E-state index is 12.4. The van der Waals surface area contributed by atoms with Gasteiger partial charge in [-0.1, -0.05) is 13.3 Å². The second-order valence-corrected chi connectivity index (χ2v) is 4.70. The van der Waals surface area contributed by atoms with E-state index in [0.29, 0.717) is 6.61 Å². The van der Waals surface area contributed by atoms with E-state index >= 15 is 0 Å². The number of carbonyl (C=O) groups excluding carboxylic acids is 2. The lowest BCUT2D eigenvalue weighted by Gasteiger charge is -2.08. The number of benzene rings is 1.